The first-order chi connectivity index (χ1) is 16.2. The third-order valence-corrected chi connectivity index (χ3v) is 5.48. The first-order valence-corrected chi connectivity index (χ1v) is 10.3. The summed E-state index contributed by atoms with van der Waals surface area (Å²) in [5.41, 5.74) is 0.0214. The van der Waals surface area contributed by atoms with Crippen LogP contribution in [-0.2, 0) is 9.53 Å². The maximum absolute atomic E-state index is 12.5. The molecule has 34 heavy (non-hydrogen) atoms. The number of nitrogens with one attached hydrogen (secondary N) is 3. The molecule has 5 N–H and O–H groups in total. The minimum atomic E-state index is -1.25. The second-order valence-electron chi connectivity index (χ2n) is 7.97. The van der Waals surface area contributed by atoms with Crippen LogP contribution in [0.5, 0.6) is 0 Å². The van der Waals surface area contributed by atoms with Crippen LogP contribution < -0.4 is 21.5 Å². The van der Waals surface area contributed by atoms with E-state index in [1.165, 1.54) is 30.2 Å². The largest absolute Gasteiger partial charge is 0.394 e. The van der Waals surface area contributed by atoms with Gasteiger partial charge in [0.05, 0.1) is 24.5 Å². The van der Waals surface area contributed by atoms with Crippen LogP contribution in [0, 0.1) is 6.92 Å². The summed E-state index contributed by atoms with van der Waals surface area (Å²) in [6.07, 6.45) is 2.01. The number of fused-ring (bicyclic) bond motifs is 1. The fraction of sp³-hybridized carbons (Fsp3) is 0.400. The van der Waals surface area contributed by atoms with Crippen molar-refractivity contribution in [1.82, 2.24) is 34.8 Å². The number of nitrogens with zero attached hydrogens (tertiary/aromatic N) is 5. The Hall–Kier alpha value is -3.88. The maximum atomic E-state index is 12.5. The van der Waals surface area contributed by atoms with E-state index in [1.807, 2.05) is 14.1 Å². The summed E-state index contributed by atoms with van der Waals surface area (Å²) in [6, 6.07) is -0.963. The lowest BCUT2D eigenvalue weighted by molar-refractivity contribution is -0.118. The number of ether oxygens (including phenoxy) is 1. The first kappa shape index (κ1) is 23.3. The molecular weight excluding hydrogens is 448 g/mol. The Morgan fingerprint density at radius 3 is 2.74 bits per heavy atom. The normalized spacial score (nSPS) is 22.5. The van der Waals surface area contributed by atoms with Gasteiger partial charge in [-0.05, 0) is 13.0 Å². The van der Waals surface area contributed by atoms with Gasteiger partial charge in [0.25, 0.3) is 5.56 Å². The van der Waals surface area contributed by atoms with Crippen molar-refractivity contribution in [1.29, 1.82) is 0 Å². The predicted octanol–water partition coefficient (Wildman–Crippen LogP) is -1.97. The number of anilines is 1. The first-order valence-electron chi connectivity index (χ1n) is 10.3. The SMILES string of the molecule is Cc1[nH]c(=O)[nH]c(=O)c1/C=C/C(=O)N[C@H]1[C@@H](O)[C@H](n2cnc3c(N(C)C)ncnc32)O[C@@H]1CO. The molecule has 0 radical (unpaired) electrons. The van der Waals surface area contributed by atoms with E-state index in [0.717, 1.165) is 6.08 Å². The van der Waals surface area contributed by atoms with E-state index in [2.05, 4.69) is 30.2 Å². The Morgan fingerprint density at radius 2 is 2.06 bits per heavy atom. The van der Waals surface area contributed by atoms with Crippen LogP contribution in [0.2, 0.25) is 0 Å². The zero-order valence-corrected chi connectivity index (χ0v) is 18.6. The summed E-state index contributed by atoms with van der Waals surface area (Å²) < 4.78 is 7.34. The summed E-state index contributed by atoms with van der Waals surface area (Å²) in [5.74, 6) is -0.0538. The molecule has 0 aliphatic carbocycles. The molecule has 1 aliphatic heterocycles. The molecule has 1 aliphatic rings. The molecular formula is C20H24N8O6. The van der Waals surface area contributed by atoms with Crippen LogP contribution in [0.15, 0.2) is 28.3 Å². The molecule has 0 bridgehead atoms. The van der Waals surface area contributed by atoms with Gasteiger partial charge >= 0.3 is 5.69 Å². The van der Waals surface area contributed by atoms with Gasteiger partial charge in [0.1, 0.15) is 18.5 Å². The second kappa shape index (κ2) is 9.17. The van der Waals surface area contributed by atoms with Gasteiger partial charge in [0.2, 0.25) is 5.91 Å². The van der Waals surface area contributed by atoms with E-state index >= 15 is 0 Å². The Bertz CT molecular complexity index is 1360. The average molecular weight is 472 g/mol. The number of aliphatic hydroxyl groups excluding tert-OH is 2. The van der Waals surface area contributed by atoms with Crippen LogP contribution in [-0.4, -0.2) is 84.6 Å². The molecule has 4 atom stereocenters. The number of aliphatic hydroxyl groups is 2. The lowest BCUT2D eigenvalue weighted by atomic mass is 10.1. The highest BCUT2D eigenvalue weighted by molar-refractivity contribution is 5.92. The predicted molar refractivity (Wildman–Crippen MR) is 120 cm³/mol. The molecule has 4 heterocycles. The van der Waals surface area contributed by atoms with Crippen molar-refractivity contribution in [3.05, 3.63) is 50.8 Å². The van der Waals surface area contributed by atoms with Gasteiger partial charge in [-0.3, -0.25) is 19.1 Å². The second-order valence-corrected chi connectivity index (χ2v) is 7.97. The standard InChI is InChI=1S/C20H24N8O6/c1-9-10(18(32)26-20(33)24-9)4-5-12(30)25-13-11(6-29)34-19(15(13)31)28-8-23-14-16(27(2)3)21-7-22-17(14)28/h4-5,7-8,11,13,15,19,29,31H,6H2,1-3H3,(H,25,30)(H2,24,26,32,33)/b5-4+/t11-,13-,15-,19-/m1/s1. The summed E-state index contributed by atoms with van der Waals surface area (Å²) in [4.78, 5) is 54.8. The smallest absolute Gasteiger partial charge is 0.325 e. The van der Waals surface area contributed by atoms with Crippen LogP contribution >= 0.6 is 0 Å². The number of hydrogen-bond acceptors (Lipinski definition) is 10. The van der Waals surface area contributed by atoms with Crippen molar-refractivity contribution in [2.24, 2.45) is 0 Å². The van der Waals surface area contributed by atoms with Crippen molar-refractivity contribution < 1.29 is 19.7 Å². The van der Waals surface area contributed by atoms with Crippen molar-refractivity contribution in [3.8, 4) is 0 Å². The number of imidazole rings is 1. The van der Waals surface area contributed by atoms with E-state index in [0.29, 0.717) is 22.7 Å². The number of amides is 1. The summed E-state index contributed by atoms with van der Waals surface area (Å²) in [6.45, 7) is 1.06. The number of rotatable bonds is 6. The molecule has 14 heteroatoms. The highest BCUT2D eigenvalue weighted by atomic mass is 16.5. The van der Waals surface area contributed by atoms with E-state index in [1.54, 1.807) is 4.90 Å². The van der Waals surface area contributed by atoms with Gasteiger partial charge in [-0.2, -0.15) is 0 Å². The highest BCUT2D eigenvalue weighted by Gasteiger charge is 2.45. The summed E-state index contributed by atoms with van der Waals surface area (Å²) in [7, 11) is 3.62. The molecule has 0 unspecified atom stereocenters. The number of aromatic amines is 2. The van der Waals surface area contributed by atoms with E-state index in [-0.39, 0.29) is 5.56 Å². The van der Waals surface area contributed by atoms with E-state index in [4.69, 9.17) is 4.74 Å². The third kappa shape index (κ3) is 4.21. The molecule has 1 saturated heterocycles. The Labute approximate surface area is 192 Å². The third-order valence-electron chi connectivity index (χ3n) is 5.48. The van der Waals surface area contributed by atoms with Crippen molar-refractivity contribution in [2.75, 3.05) is 25.6 Å². The number of H-pyrrole nitrogens is 2. The Balaban J connectivity index is 1.56. The minimum Gasteiger partial charge on any atom is -0.394 e. The molecule has 4 rings (SSSR count). The van der Waals surface area contributed by atoms with Gasteiger partial charge in [-0.15, -0.1) is 0 Å². The van der Waals surface area contributed by atoms with E-state index in [9.17, 15) is 24.6 Å². The van der Waals surface area contributed by atoms with E-state index < -0.39 is 48.2 Å². The molecule has 3 aromatic heterocycles. The molecule has 1 fully saturated rings. The van der Waals surface area contributed by atoms with Crippen LogP contribution in [0.1, 0.15) is 17.5 Å². The molecule has 3 aromatic rings. The fourth-order valence-corrected chi connectivity index (χ4v) is 3.84. The fourth-order valence-electron chi connectivity index (χ4n) is 3.84. The number of carbonyl (C=O) groups excluding carboxylic acids is 1. The number of aromatic nitrogens is 6. The van der Waals surface area contributed by atoms with Gasteiger partial charge in [-0.25, -0.2) is 19.7 Å². The Morgan fingerprint density at radius 1 is 1.29 bits per heavy atom. The lowest BCUT2D eigenvalue weighted by Gasteiger charge is -2.20. The number of carbonyl (C=O) groups is 1. The van der Waals surface area contributed by atoms with Crippen LogP contribution in [0.25, 0.3) is 17.2 Å². The zero-order chi connectivity index (χ0) is 24.6. The van der Waals surface area contributed by atoms with Crippen molar-refractivity contribution in [2.45, 2.75) is 31.4 Å². The quantitative estimate of drug-likeness (QED) is 0.251. The summed E-state index contributed by atoms with van der Waals surface area (Å²) in [5, 5.41) is 23.3. The van der Waals surface area contributed by atoms with Crippen LogP contribution in [0.4, 0.5) is 5.82 Å². The zero-order valence-electron chi connectivity index (χ0n) is 18.6. The topological polar surface area (TPSA) is 191 Å². The molecule has 1 amide bonds. The van der Waals surface area contributed by atoms with Gasteiger partial charge in [0, 0.05) is 25.9 Å². The number of aryl methyl sites for hydroxylation is 1. The minimum absolute atomic E-state index is 0.107. The van der Waals surface area contributed by atoms with Crippen molar-refractivity contribution >= 4 is 29.0 Å². The molecule has 0 aromatic carbocycles. The highest BCUT2D eigenvalue weighted by Crippen LogP contribution is 2.32. The molecule has 0 spiro atoms. The Kier molecular flexibility index (Phi) is 6.28. The van der Waals surface area contributed by atoms with Crippen molar-refractivity contribution in [3.63, 3.8) is 0 Å². The van der Waals surface area contributed by atoms with Crippen LogP contribution in [0.3, 0.4) is 0 Å². The van der Waals surface area contributed by atoms with Gasteiger partial charge < -0.3 is 30.2 Å². The lowest BCUT2D eigenvalue weighted by Crippen LogP contribution is -2.47. The average Bonchev–Trinajstić information content (AvgIpc) is 3.33. The maximum Gasteiger partial charge on any atom is 0.325 e. The molecule has 14 nitrogen and oxygen atoms in total. The molecule has 180 valence electrons. The number of hydrogen-bond donors (Lipinski definition) is 5. The van der Waals surface area contributed by atoms with Gasteiger partial charge in [-0.1, -0.05) is 0 Å². The molecule has 0 saturated carbocycles. The monoisotopic (exact) mass is 472 g/mol. The summed E-state index contributed by atoms with van der Waals surface area (Å²) >= 11 is 0. The van der Waals surface area contributed by atoms with Gasteiger partial charge in [0.15, 0.2) is 23.2 Å².